The largest absolute Gasteiger partial charge is 0.346 e. The van der Waals surface area contributed by atoms with Crippen molar-refractivity contribution in [3.8, 4) is 0 Å². The standard InChI is InChI=1S/C14H26N4O2S/c1-4-7-8-11-21(20)13-15-12-18(16-13)14(19)17(9-5-2)10-6-3/h12H,4-11H2,1-3H3. The van der Waals surface area contributed by atoms with Gasteiger partial charge in [-0.1, -0.05) is 33.6 Å². The molecule has 7 heteroatoms. The van der Waals surface area contributed by atoms with Crippen molar-refractivity contribution in [2.24, 2.45) is 0 Å². The van der Waals surface area contributed by atoms with Crippen molar-refractivity contribution in [3.05, 3.63) is 6.33 Å². The van der Waals surface area contributed by atoms with Gasteiger partial charge in [0.2, 0.25) is 5.16 Å². The first-order chi connectivity index (χ1) is 10.1. The molecule has 1 rings (SSSR count). The van der Waals surface area contributed by atoms with E-state index in [4.69, 9.17) is 0 Å². The SMILES string of the molecule is CCCCCS(=O)c1ncn(C(=O)N(CCC)CCC)n1. The van der Waals surface area contributed by atoms with Crippen molar-refractivity contribution < 1.29 is 9.00 Å². The lowest BCUT2D eigenvalue weighted by molar-refractivity contribution is 0.196. The summed E-state index contributed by atoms with van der Waals surface area (Å²) >= 11 is 0. The Hall–Kier alpha value is -1.24. The van der Waals surface area contributed by atoms with Gasteiger partial charge in [-0.2, -0.15) is 4.68 Å². The lowest BCUT2D eigenvalue weighted by Crippen LogP contribution is -2.36. The molecule has 1 heterocycles. The number of carbonyl (C=O) groups excluding carboxylic acids is 1. The van der Waals surface area contributed by atoms with Gasteiger partial charge in [0.1, 0.15) is 6.33 Å². The quantitative estimate of drug-likeness (QED) is 0.657. The van der Waals surface area contributed by atoms with Gasteiger partial charge in [0.05, 0.1) is 10.8 Å². The molecule has 0 saturated heterocycles. The van der Waals surface area contributed by atoms with Gasteiger partial charge in [0.15, 0.2) is 0 Å². The summed E-state index contributed by atoms with van der Waals surface area (Å²) in [6.07, 6.45) is 6.19. The molecule has 6 nitrogen and oxygen atoms in total. The monoisotopic (exact) mass is 314 g/mol. The van der Waals surface area contributed by atoms with Crippen LogP contribution in [0.2, 0.25) is 0 Å². The summed E-state index contributed by atoms with van der Waals surface area (Å²) in [4.78, 5) is 18.1. The number of rotatable bonds is 9. The maximum absolute atomic E-state index is 12.3. The average molecular weight is 314 g/mol. The Balaban J connectivity index is 2.68. The van der Waals surface area contributed by atoms with E-state index in [9.17, 15) is 9.00 Å². The molecule has 21 heavy (non-hydrogen) atoms. The zero-order chi connectivity index (χ0) is 15.7. The molecular formula is C14H26N4O2S. The van der Waals surface area contributed by atoms with Gasteiger partial charge in [0, 0.05) is 18.8 Å². The van der Waals surface area contributed by atoms with Crippen molar-refractivity contribution in [2.45, 2.75) is 58.0 Å². The van der Waals surface area contributed by atoms with E-state index in [0.29, 0.717) is 18.8 Å². The summed E-state index contributed by atoms with van der Waals surface area (Å²) < 4.78 is 13.2. The lowest BCUT2D eigenvalue weighted by Gasteiger charge is -2.20. The second-order valence-electron chi connectivity index (χ2n) is 5.00. The molecule has 1 atom stereocenters. The highest BCUT2D eigenvalue weighted by Gasteiger charge is 2.17. The number of nitrogens with zero attached hydrogens (tertiary/aromatic N) is 4. The van der Waals surface area contributed by atoms with Crippen LogP contribution in [-0.4, -0.2) is 48.7 Å². The van der Waals surface area contributed by atoms with E-state index >= 15 is 0 Å². The lowest BCUT2D eigenvalue weighted by atomic mass is 10.3. The predicted molar refractivity (Wildman–Crippen MR) is 83.8 cm³/mol. The number of hydrogen-bond acceptors (Lipinski definition) is 4. The van der Waals surface area contributed by atoms with Gasteiger partial charge in [-0.3, -0.25) is 4.21 Å². The normalized spacial score (nSPS) is 12.3. The van der Waals surface area contributed by atoms with Crippen LogP contribution in [0.3, 0.4) is 0 Å². The minimum atomic E-state index is -1.22. The first-order valence-electron chi connectivity index (χ1n) is 7.73. The molecule has 0 spiro atoms. The van der Waals surface area contributed by atoms with Gasteiger partial charge in [-0.15, -0.1) is 5.10 Å². The highest BCUT2D eigenvalue weighted by atomic mass is 32.2. The summed E-state index contributed by atoms with van der Waals surface area (Å²) in [6, 6.07) is -0.192. The number of hydrogen-bond donors (Lipinski definition) is 0. The Kier molecular flexibility index (Phi) is 8.19. The van der Waals surface area contributed by atoms with Crippen molar-refractivity contribution in [3.63, 3.8) is 0 Å². The van der Waals surface area contributed by atoms with Crippen LogP contribution < -0.4 is 0 Å². The topological polar surface area (TPSA) is 68.1 Å². The zero-order valence-electron chi connectivity index (χ0n) is 13.2. The molecule has 0 aromatic carbocycles. The van der Waals surface area contributed by atoms with E-state index < -0.39 is 10.8 Å². The highest BCUT2D eigenvalue weighted by Crippen LogP contribution is 2.05. The maximum atomic E-state index is 12.3. The first kappa shape index (κ1) is 17.8. The molecule has 1 unspecified atom stereocenters. The Morgan fingerprint density at radius 2 is 1.86 bits per heavy atom. The van der Waals surface area contributed by atoms with Gasteiger partial charge in [-0.05, 0) is 19.3 Å². The van der Waals surface area contributed by atoms with Crippen LogP contribution in [0.25, 0.3) is 0 Å². The van der Waals surface area contributed by atoms with E-state index in [1.807, 2.05) is 13.8 Å². The number of amides is 1. The molecule has 0 aliphatic rings. The van der Waals surface area contributed by atoms with Crippen LogP contribution >= 0.6 is 0 Å². The van der Waals surface area contributed by atoms with Gasteiger partial charge >= 0.3 is 6.03 Å². The van der Waals surface area contributed by atoms with E-state index in [2.05, 4.69) is 17.0 Å². The summed E-state index contributed by atoms with van der Waals surface area (Å²) in [5.74, 6) is 0.555. The van der Waals surface area contributed by atoms with Crippen molar-refractivity contribution in [1.29, 1.82) is 0 Å². The molecule has 1 aromatic heterocycles. The molecule has 0 saturated carbocycles. The van der Waals surface area contributed by atoms with Gasteiger partial charge < -0.3 is 4.90 Å². The molecule has 1 amide bonds. The minimum absolute atomic E-state index is 0.192. The molecule has 1 aromatic rings. The fourth-order valence-corrected chi connectivity index (χ4v) is 3.00. The Morgan fingerprint density at radius 3 is 2.43 bits per heavy atom. The molecule has 120 valence electrons. The Morgan fingerprint density at radius 1 is 1.19 bits per heavy atom. The van der Waals surface area contributed by atoms with Crippen LogP contribution in [0.15, 0.2) is 11.5 Å². The molecule has 0 fully saturated rings. The zero-order valence-corrected chi connectivity index (χ0v) is 14.1. The molecule has 0 bridgehead atoms. The third-order valence-corrected chi connectivity index (χ3v) is 4.32. The average Bonchev–Trinajstić information content (AvgIpc) is 2.96. The second kappa shape index (κ2) is 9.65. The van der Waals surface area contributed by atoms with Gasteiger partial charge in [0.25, 0.3) is 0 Å². The fourth-order valence-electron chi connectivity index (χ4n) is 2.01. The summed E-state index contributed by atoms with van der Waals surface area (Å²) in [5, 5.41) is 4.35. The molecule has 0 aliphatic heterocycles. The van der Waals surface area contributed by atoms with Crippen molar-refractivity contribution in [2.75, 3.05) is 18.8 Å². The summed E-state index contributed by atoms with van der Waals surface area (Å²) in [7, 11) is -1.22. The Labute approximate surface area is 129 Å². The molecule has 0 radical (unpaired) electrons. The van der Waals surface area contributed by atoms with E-state index in [1.54, 1.807) is 4.90 Å². The predicted octanol–water partition coefficient (Wildman–Crippen LogP) is 2.67. The molecule has 0 N–H and O–H groups in total. The van der Waals surface area contributed by atoms with E-state index in [0.717, 1.165) is 32.1 Å². The summed E-state index contributed by atoms with van der Waals surface area (Å²) in [5.41, 5.74) is 0. The third kappa shape index (κ3) is 5.57. The van der Waals surface area contributed by atoms with E-state index in [1.165, 1.54) is 11.0 Å². The van der Waals surface area contributed by atoms with Crippen LogP contribution in [0, 0.1) is 0 Å². The number of carbonyl (C=O) groups is 1. The third-order valence-electron chi connectivity index (χ3n) is 3.06. The van der Waals surface area contributed by atoms with Crippen LogP contribution in [-0.2, 0) is 10.8 Å². The second-order valence-corrected chi connectivity index (χ2v) is 6.46. The summed E-state index contributed by atoms with van der Waals surface area (Å²) in [6.45, 7) is 7.56. The van der Waals surface area contributed by atoms with Gasteiger partial charge in [-0.25, -0.2) is 9.78 Å². The Bertz CT molecular complexity index is 456. The molecular weight excluding hydrogens is 288 g/mol. The highest BCUT2D eigenvalue weighted by molar-refractivity contribution is 7.84. The van der Waals surface area contributed by atoms with Crippen molar-refractivity contribution in [1.82, 2.24) is 19.7 Å². The maximum Gasteiger partial charge on any atom is 0.346 e. The van der Waals surface area contributed by atoms with Crippen molar-refractivity contribution >= 4 is 16.8 Å². The van der Waals surface area contributed by atoms with Crippen LogP contribution in [0.1, 0.15) is 52.9 Å². The number of aromatic nitrogens is 3. The first-order valence-corrected chi connectivity index (χ1v) is 9.05. The van der Waals surface area contributed by atoms with Crippen LogP contribution in [0.5, 0.6) is 0 Å². The molecule has 0 aliphatic carbocycles. The minimum Gasteiger partial charge on any atom is -0.323 e. The smallest absolute Gasteiger partial charge is 0.323 e. The van der Waals surface area contributed by atoms with E-state index in [-0.39, 0.29) is 11.2 Å². The number of unbranched alkanes of at least 4 members (excludes halogenated alkanes) is 2. The fraction of sp³-hybridized carbons (Fsp3) is 0.786. The van der Waals surface area contributed by atoms with Crippen LogP contribution in [0.4, 0.5) is 4.79 Å².